The predicted molar refractivity (Wildman–Crippen MR) is 78.6 cm³/mol. The van der Waals surface area contributed by atoms with Crippen molar-refractivity contribution in [3.8, 4) is 0 Å². The molecule has 118 valence electrons. The van der Waals surface area contributed by atoms with Gasteiger partial charge in [-0.25, -0.2) is 0 Å². The molecule has 2 aliphatic carbocycles. The summed E-state index contributed by atoms with van der Waals surface area (Å²) >= 11 is 0. The minimum atomic E-state index is -0.296. The molecule has 0 aromatic carbocycles. The number of hydrogen-bond acceptors (Lipinski definition) is 3. The molecule has 0 aromatic heterocycles. The van der Waals surface area contributed by atoms with E-state index >= 15 is 0 Å². The van der Waals surface area contributed by atoms with Gasteiger partial charge in [0.15, 0.2) is 0 Å². The summed E-state index contributed by atoms with van der Waals surface area (Å²) in [7, 11) is 0. The van der Waals surface area contributed by atoms with Crippen LogP contribution in [-0.2, 0) is 14.3 Å². The number of amides is 2. The van der Waals surface area contributed by atoms with Crippen LogP contribution in [0.4, 0.5) is 0 Å². The van der Waals surface area contributed by atoms with Crippen molar-refractivity contribution in [1.82, 2.24) is 10.2 Å². The summed E-state index contributed by atoms with van der Waals surface area (Å²) in [5.41, 5.74) is 0. The number of carbonyl (C=O) groups is 2. The van der Waals surface area contributed by atoms with E-state index in [4.69, 9.17) is 4.74 Å². The van der Waals surface area contributed by atoms with E-state index < -0.39 is 0 Å². The van der Waals surface area contributed by atoms with Crippen molar-refractivity contribution in [2.24, 2.45) is 11.8 Å². The van der Waals surface area contributed by atoms with E-state index in [1.807, 2.05) is 0 Å². The van der Waals surface area contributed by atoms with Crippen LogP contribution in [0.3, 0.4) is 0 Å². The van der Waals surface area contributed by atoms with Gasteiger partial charge in [0.05, 0.1) is 13.2 Å². The van der Waals surface area contributed by atoms with E-state index in [0.29, 0.717) is 19.1 Å². The highest BCUT2D eigenvalue weighted by Gasteiger charge is 2.37. The Hall–Kier alpha value is -1.10. The number of nitrogens with one attached hydrogen (secondary N) is 1. The minimum Gasteiger partial charge on any atom is -0.379 e. The Bertz CT molecular complexity index is 389. The highest BCUT2D eigenvalue weighted by atomic mass is 16.5. The molecule has 3 aliphatic rings. The fourth-order valence-corrected chi connectivity index (χ4v) is 3.41. The van der Waals surface area contributed by atoms with Crippen LogP contribution >= 0.6 is 0 Å². The normalized spacial score (nSPS) is 27.8. The first-order valence-electron chi connectivity index (χ1n) is 8.40. The average molecular weight is 294 g/mol. The van der Waals surface area contributed by atoms with Crippen LogP contribution < -0.4 is 5.32 Å². The molecule has 0 aromatic rings. The first-order valence-corrected chi connectivity index (χ1v) is 8.40. The van der Waals surface area contributed by atoms with Gasteiger partial charge in [-0.1, -0.05) is 19.3 Å². The van der Waals surface area contributed by atoms with Crippen molar-refractivity contribution < 1.29 is 14.3 Å². The quantitative estimate of drug-likeness (QED) is 0.752. The van der Waals surface area contributed by atoms with Crippen LogP contribution in [0, 0.1) is 11.8 Å². The van der Waals surface area contributed by atoms with E-state index in [-0.39, 0.29) is 24.4 Å². The first-order chi connectivity index (χ1) is 10.2. The lowest BCUT2D eigenvalue weighted by Crippen LogP contribution is -2.61. The van der Waals surface area contributed by atoms with Gasteiger partial charge in [-0.05, 0) is 37.5 Å². The molecule has 1 heterocycles. The second kappa shape index (κ2) is 6.77. The van der Waals surface area contributed by atoms with Gasteiger partial charge in [-0.3, -0.25) is 9.59 Å². The maximum atomic E-state index is 12.6. The van der Waals surface area contributed by atoms with Crippen molar-refractivity contribution in [2.75, 3.05) is 26.3 Å². The van der Waals surface area contributed by atoms with E-state index in [2.05, 4.69) is 5.32 Å². The zero-order valence-electron chi connectivity index (χ0n) is 12.7. The third-order valence-electron chi connectivity index (χ3n) is 4.91. The van der Waals surface area contributed by atoms with Crippen molar-refractivity contribution >= 4 is 11.8 Å². The highest BCUT2D eigenvalue weighted by Crippen LogP contribution is 2.29. The fraction of sp³-hybridized carbons (Fsp3) is 0.875. The SMILES string of the molecule is O=C1CN(CCOCC2CC2)C(=O)C(C2CCCCC2)N1. The van der Waals surface area contributed by atoms with Gasteiger partial charge in [-0.2, -0.15) is 0 Å². The van der Waals surface area contributed by atoms with Gasteiger partial charge < -0.3 is 15.0 Å². The van der Waals surface area contributed by atoms with E-state index in [9.17, 15) is 9.59 Å². The Kier molecular flexibility index (Phi) is 4.78. The number of nitrogens with zero attached hydrogens (tertiary/aromatic N) is 1. The Morgan fingerprint density at radius 2 is 1.86 bits per heavy atom. The Labute approximate surface area is 126 Å². The lowest BCUT2D eigenvalue weighted by molar-refractivity contribution is -0.147. The summed E-state index contributed by atoms with van der Waals surface area (Å²) < 4.78 is 5.60. The third kappa shape index (κ3) is 3.96. The summed E-state index contributed by atoms with van der Waals surface area (Å²) in [6.07, 6.45) is 8.27. The van der Waals surface area contributed by atoms with Crippen molar-refractivity contribution in [3.63, 3.8) is 0 Å². The number of carbonyl (C=O) groups excluding carboxylic acids is 2. The zero-order chi connectivity index (χ0) is 14.7. The van der Waals surface area contributed by atoms with Crippen LogP contribution in [0.2, 0.25) is 0 Å². The van der Waals surface area contributed by atoms with Gasteiger partial charge in [0.1, 0.15) is 6.04 Å². The average Bonchev–Trinajstić information content (AvgIpc) is 3.32. The molecule has 1 saturated heterocycles. The number of hydrogen-bond donors (Lipinski definition) is 1. The monoisotopic (exact) mass is 294 g/mol. The van der Waals surface area contributed by atoms with Crippen LogP contribution in [0.5, 0.6) is 0 Å². The summed E-state index contributed by atoms with van der Waals surface area (Å²) in [5, 5.41) is 2.91. The largest absolute Gasteiger partial charge is 0.379 e. The molecule has 1 aliphatic heterocycles. The van der Waals surface area contributed by atoms with Gasteiger partial charge in [-0.15, -0.1) is 0 Å². The molecule has 1 N–H and O–H groups in total. The predicted octanol–water partition coefficient (Wildman–Crippen LogP) is 1.32. The van der Waals surface area contributed by atoms with E-state index in [1.54, 1.807) is 4.90 Å². The highest BCUT2D eigenvalue weighted by molar-refractivity contribution is 5.95. The van der Waals surface area contributed by atoms with Gasteiger partial charge in [0.2, 0.25) is 11.8 Å². The van der Waals surface area contributed by atoms with Crippen LogP contribution in [0.15, 0.2) is 0 Å². The molecular formula is C16H26N2O3. The first kappa shape index (κ1) is 14.8. The van der Waals surface area contributed by atoms with Crippen molar-refractivity contribution in [3.05, 3.63) is 0 Å². The minimum absolute atomic E-state index is 0.0210. The molecule has 3 rings (SSSR count). The second-order valence-corrected chi connectivity index (χ2v) is 6.72. The number of ether oxygens (including phenoxy) is 1. The van der Waals surface area contributed by atoms with E-state index in [1.165, 1.54) is 32.1 Å². The Balaban J connectivity index is 1.50. The summed E-state index contributed by atoms with van der Waals surface area (Å²) in [6.45, 7) is 2.09. The summed E-state index contributed by atoms with van der Waals surface area (Å²) in [6, 6.07) is -0.296. The standard InChI is InChI=1S/C16H26N2O3/c19-14-10-18(8-9-21-11-12-6-7-12)16(20)15(17-14)13-4-2-1-3-5-13/h12-13,15H,1-11H2,(H,17,19). The molecule has 0 bridgehead atoms. The smallest absolute Gasteiger partial charge is 0.245 e. The third-order valence-corrected chi connectivity index (χ3v) is 4.91. The molecule has 1 unspecified atom stereocenters. The topological polar surface area (TPSA) is 58.6 Å². The number of rotatable bonds is 6. The van der Waals surface area contributed by atoms with Crippen LogP contribution in [-0.4, -0.2) is 49.1 Å². The Morgan fingerprint density at radius 1 is 1.10 bits per heavy atom. The van der Waals surface area contributed by atoms with Crippen molar-refractivity contribution in [1.29, 1.82) is 0 Å². The van der Waals surface area contributed by atoms with Crippen LogP contribution in [0.25, 0.3) is 0 Å². The lowest BCUT2D eigenvalue weighted by Gasteiger charge is -2.37. The molecule has 5 nitrogen and oxygen atoms in total. The maximum Gasteiger partial charge on any atom is 0.245 e. The summed E-state index contributed by atoms with van der Waals surface area (Å²) in [4.78, 5) is 26.1. The van der Waals surface area contributed by atoms with Gasteiger partial charge in [0, 0.05) is 13.2 Å². The molecule has 5 heteroatoms. The molecular weight excluding hydrogens is 268 g/mol. The maximum absolute atomic E-state index is 12.6. The molecule has 0 radical (unpaired) electrons. The summed E-state index contributed by atoms with van der Waals surface area (Å²) in [5.74, 6) is 1.13. The number of piperazine rings is 1. The fourth-order valence-electron chi connectivity index (χ4n) is 3.41. The molecule has 2 amide bonds. The van der Waals surface area contributed by atoms with Crippen molar-refractivity contribution in [2.45, 2.75) is 51.0 Å². The molecule has 21 heavy (non-hydrogen) atoms. The van der Waals surface area contributed by atoms with Gasteiger partial charge in [0.25, 0.3) is 0 Å². The molecule has 2 saturated carbocycles. The molecule has 3 fully saturated rings. The lowest BCUT2D eigenvalue weighted by atomic mass is 9.82. The van der Waals surface area contributed by atoms with Crippen LogP contribution in [0.1, 0.15) is 44.9 Å². The second-order valence-electron chi connectivity index (χ2n) is 6.72. The van der Waals surface area contributed by atoms with E-state index in [0.717, 1.165) is 25.4 Å². The molecule has 0 spiro atoms. The van der Waals surface area contributed by atoms with Gasteiger partial charge >= 0.3 is 0 Å². The zero-order valence-corrected chi connectivity index (χ0v) is 12.7. The molecule has 1 atom stereocenters. The Morgan fingerprint density at radius 3 is 2.57 bits per heavy atom.